The summed E-state index contributed by atoms with van der Waals surface area (Å²) < 4.78 is 5.31. The highest BCUT2D eigenvalue weighted by molar-refractivity contribution is 5.89. The first-order valence-electron chi connectivity index (χ1n) is 5.35. The zero-order valence-electron chi connectivity index (χ0n) is 9.06. The molecule has 1 aliphatic heterocycles. The Morgan fingerprint density at radius 1 is 1.47 bits per heavy atom. The lowest BCUT2D eigenvalue weighted by atomic mass is 9.95. The van der Waals surface area contributed by atoms with Crippen molar-refractivity contribution in [2.45, 2.75) is 25.9 Å². The van der Waals surface area contributed by atoms with Crippen LogP contribution in [0.25, 0.3) is 0 Å². The Balaban J connectivity index is 2.12. The molecule has 1 saturated heterocycles. The van der Waals surface area contributed by atoms with E-state index < -0.39 is 0 Å². The van der Waals surface area contributed by atoms with Crippen LogP contribution in [0.5, 0.6) is 0 Å². The van der Waals surface area contributed by atoms with E-state index in [0.717, 1.165) is 18.8 Å². The van der Waals surface area contributed by atoms with Crippen molar-refractivity contribution in [1.82, 2.24) is 10.2 Å². The molecule has 0 spiro atoms. The van der Waals surface area contributed by atoms with Gasteiger partial charge in [-0.3, -0.25) is 9.69 Å². The van der Waals surface area contributed by atoms with Gasteiger partial charge in [0.2, 0.25) is 5.91 Å². The van der Waals surface area contributed by atoms with E-state index >= 15 is 0 Å². The Kier molecular flexibility index (Phi) is 2.77. The number of hydrogen-bond donors (Lipinski definition) is 1. The maximum absolute atomic E-state index is 11.5. The number of amides is 1. The Morgan fingerprint density at radius 2 is 2.20 bits per heavy atom. The molecule has 0 bridgehead atoms. The molecule has 1 aromatic rings. The number of furan rings is 1. The highest BCUT2D eigenvalue weighted by atomic mass is 16.3. The molecule has 1 N–H and O–H groups in total. The molecular formula is C11H16N2O2. The van der Waals surface area contributed by atoms with Crippen LogP contribution in [0, 0.1) is 0 Å². The van der Waals surface area contributed by atoms with Gasteiger partial charge in [0.05, 0.1) is 6.26 Å². The Labute approximate surface area is 89.2 Å². The van der Waals surface area contributed by atoms with Crippen molar-refractivity contribution in [3.8, 4) is 0 Å². The summed E-state index contributed by atoms with van der Waals surface area (Å²) >= 11 is 0. The van der Waals surface area contributed by atoms with Gasteiger partial charge in [-0.15, -0.1) is 0 Å². The SMILES string of the molecule is CCN(CC)[C@H]1C(=O)N[C@@H]1c1ccco1. The Bertz CT molecular complexity index is 330. The Hall–Kier alpha value is -1.29. The number of nitrogens with one attached hydrogen (secondary N) is 1. The van der Waals surface area contributed by atoms with Crippen LogP contribution < -0.4 is 5.32 Å². The molecule has 1 fully saturated rings. The lowest BCUT2D eigenvalue weighted by Gasteiger charge is -2.41. The number of carbonyl (C=O) groups excluding carboxylic acids is 1. The molecule has 82 valence electrons. The van der Waals surface area contributed by atoms with Crippen molar-refractivity contribution < 1.29 is 9.21 Å². The van der Waals surface area contributed by atoms with Crippen molar-refractivity contribution in [2.24, 2.45) is 0 Å². The van der Waals surface area contributed by atoms with Gasteiger partial charge in [0, 0.05) is 0 Å². The molecule has 4 heteroatoms. The molecule has 1 aliphatic rings. The molecule has 1 amide bonds. The normalized spacial score (nSPS) is 25.1. The smallest absolute Gasteiger partial charge is 0.240 e. The summed E-state index contributed by atoms with van der Waals surface area (Å²) in [6.45, 7) is 5.89. The summed E-state index contributed by atoms with van der Waals surface area (Å²) in [6, 6.07) is 3.71. The quantitative estimate of drug-likeness (QED) is 0.755. The number of nitrogens with zero attached hydrogens (tertiary/aromatic N) is 1. The van der Waals surface area contributed by atoms with Gasteiger partial charge in [-0.05, 0) is 25.2 Å². The molecule has 1 aromatic heterocycles. The first-order valence-corrected chi connectivity index (χ1v) is 5.35. The second-order valence-corrected chi connectivity index (χ2v) is 3.67. The fourth-order valence-corrected chi connectivity index (χ4v) is 2.06. The van der Waals surface area contributed by atoms with Crippen molar-refractivity contribution in [1.29, 1.82) is 0 Å². The fourth-order valence-electron chi connectivity index (χ4n) is 2.06. The molecule has 15 heavy (non-hydrogen) atoms. The van der Waals surface area contributed by atoms with Gasteiger partial charge in [0.25, 0.3) is 0 Å². The minimum absolute atomic E-state index is 0.0207. The molecule has 0 aromatic carbocycles. The van der Waals surface area contributed by atoms with E-state index in [2.05, 4.69) is 24.1 Å². The molecular weight excluding hydrogens is 192 g/mol. The molecule has 2 atom stereocenters. The zero-order valence-corrected chi connectivity index (χ0v) is 9.06. The van der Waals surface area contributed by atoms with Gasteiger partial charge < -0.3 is 9.73 Å². The van der Waals surface area contributed by atoms with E-state index in [-0.39, 0.29) is 18.0 Å². The van der Waals surface area contributed by atoms with Gasteiger partial charge in [-0.25, -0.2) is 0 Å². The first-order chi connectivity index (χ1) is 7.27. The summed E-state index contributed by atoms with van der Waals surface area (Å²) in [5.74, 6) is 0.937. The molecule has 0 saturated carbocycles. The second-order valence-electron chi connectivity index (χ2n) is 3.67. The van der Waals surface area contributed by atoms with E-state index in [4.69, 9.17) is 4.42 Å². The van der Waals surface area contributed by atoms with Crippen LogP contribution in [-0.4, -0.2) is 29.9 Å². The minimum atomic E-state index is -0.0638. The summed E-state index contributed by atoms with van der Waals surface area (Å²) in [4.78, 5) is 13.6. The van der Waals surface area contributed by atoms with Gasteiger partial charge in [0.1, 0.15) is 17.8 Å². The lowest BCUT2D eigenvalue weighted by molar-refractivity contribution is -0.138. The van der Waals surface area contributed by atoms with Crippen LogP contribution in [0.2, 0.25) is 0 Å². The monoisotopic (exact) mass is 208 g/mol. The molecule has 0 radical (unpaired) electrons. The third-order valence-corrected chi connectivity index (χ3v) is 2.94. The topological polar surface area (TPSA) is 45.5 Å². The highest BCUT2D eigenvalue weighted by Gasteiger charge is 2.44. The molecule has 0 unspecified atom stereocenters. The third kappa shape index (κ3) is 1.65. The van der Waals surface area contributed by atoms with Gasteiger partial charge in [-0.2, -0.15) is 0 Å². The minimum Gasteiger partial charge on any atom is -0.467 e. The standard InChI is InChI=1S/C11H16N2O2/c1-3-13(4-2)10-9(12-11(10)14)8-6-5-7-15-8/h5-7,9-10H,3-4H2,1-2H3,(H,12,14)/t9-,10-/m1/s1. The number of rotatable bonds is 4. The van der Waals surface area contributed by atoms with Gasteiger partial charge >= 0.3 is 0 Å². The van der Waals surface area contributed by atoms with E-state index in [0.29, 0.717) is 0 Å². The average Bonchev–Trinajstić information content (AvgIpc) is 2.74. The molecule has 0 aliphatic carbocycles. The van der Waals surface area contributed by atoms with Crippen LogP contribution in [0.4, 0.5) is 0 Å². The van der Waals surface area contributed by atoms with Crippen molar-refractivity contribution in [3.05, 3.63) is 24.2 Å². The van der Waals surface area contributed by atoms with Gasteiger partial charge in [0.15, 0.2) is 0 Å². The fraction of sp³-hybridized carbons (Fsp3) is 0.545. The number of likely N-dealkylation sites (N-methyl/N-ethyl adjacent to an activating group) is 1. The molecule has 4 nitrogen and oxygen atoms in total. The van der Waals surface area contributed by atoms with E-state index in [1.165, 1.54) is 0 Å². The average molecular weight is 208 g/mol. The third-order valence-electron chi connectivity index (χ3n) is 2.94. The predicted octanol–water partition coefficient (Wildman–Crippen LogP) is 1.16. The maximum Gasteiger partial charge on any atom is 0.240 e. The van der Waals surface area contributed by atoms with E-state index in [1.54, 1.807) is 6.26 Å². The molecule has 2 rings (SSSR count). The summed E-state index contributed by atoms with van der Waals surface area (Å²) in [7, 11) is 0. The van der Waals surface area contributed by atoms with E-state index in [9.17, 15) is 4.79 Å². The van der Waals surface area contributed by atoms with Crippen molar-refractivity contribution in [3.63, 3.8) is 0 Å². The lowest BCUT2D eigenvalue weighted by Crippen LogP contribution is -2.63. The largest absolute Gasteiger partial charge is 0.467 e. The zero-order chi connectivity index (χ0) is 10.8. The summed E-state index contributed by atoms with van der Waals surface area (Å²) in [6.07, 6.45) is 1.64. The van der Waals surface area contributed by atoms with Crippen molar-refractivity contribution >= 4 is 5.91 Å². The summed E-state index contributed by atoms with van der Waals surface area (Å²) in [5, 5.41) is 2.87. The van der Waals surface area contributed by atoms with Gasteiger partial charge in [-0.1, -0.05) is 13.8 Å². The van der Waals surface area contributed by atoms with Crippen LogP contribution in [-0.2, 0) is 4.79 Å². The molecule has 2 heterocycles. The summed E-state index contributed by atoms with van der Waals surface area (Å²) in [5.41, 5.74) is 0. The van der Waals surface area contributed by atoms with Crippen molar-refractivity contribution in [2.75, 3.05) is 13.1 Å². The maximum atomic E-state index is 11.5. The van der Waals surface area contributed by atoms with E-state index in [1.807, 2.05) is 12.1 Å². The van der Waals surface area contributed by atoms with Crippen LogP contribution in [0.1, 0.15) is 25.6 Å². The van der Waals surface area contributed by atoms with Crippen LogP contribution in [0.3, 0.4) is 0 Å². The number of β-lactam (4-membered cyclic amide) rings is 1. The highest BCUT2D eigenvalue weighted by Crippen LogP contribution is 2.28. The Morgan fingerprint density at radius 3 is 2.67 bits per heavy atom. The first kappa shape index (κ1) is 10.2. The van der Waals surface area contributed by atoms with Crippen LogP contribution in [0.15, 0.2) is 22.8 Å². The predicted molar refractivity (Wildman–Crippen MR) is 56.3 cm³/mol. The second kappa shape index (κ2) is 4.06. The number of hydrogen-bond acceptors (Lipinski definition) is 3. The van der Waals surface area contributed by atoms with Crippen LogP contribution >= 0.6 is 0 Å². The number of carbonyl (C=O) groups is 1.